The maximum atomic E-state index is 13.3. The van der Waals surface area contributed by atoms with Gasteiger partial charge in [-0.3, -0.25) is 9.47 Å². The van der Waals surface area contributed by atoms with E-state index in [9.17, 15) is 20.0 Å². The van der Waals surface area contributed by atoms with E-state index in [1.807, 2.05) is 0 Å². The van der Waals surface area contributed by atoms with E-state index in [1.54, 1.807) is 47.6 Å². The number of hydrogen-bond acceptors (Lipinski definition) is 6. The molecular weight excluding hydrogens is 386 g/mol. The smallest absolute Gasteiger partial charge is 0.410 e. The molecule has 1 N–H and O–H groups in total. The lowest BCUT2D eigenvalue weighted by atomic mass is 10.1. The maximum absolute atomic E-state index is 13.3. The average Bonchev–Trinajstić information content (AvgIpc) is 3.38. The average molecular weight is 405 g/mol. The number of aromatic nitrogens is 3. The number of rotatable bonds is 2. The molecule has 2 aliphatic rings. The molecule has 4 heterocycles. The van der Waals surface area contributed by atoms with Crippen LogP contribution in [0, 0.1) is 11.3 Å². The van der Waals surface area contributed by atoms with Crippen LogP contribution >= 0.6 is 0 Å². The second-order valence-corrected chi connectivity index (χ2v) is 7.84. The van der Waals surface area contributed by atoms with Gasteiger partial charge in [0.25, 0.3) is 0 Å². The molecule has 5 rings (SSSR count). The highest BCUT2D eigenvalue weighted by Crippen LogP contribution is 2.49. The van der Waals surface area contributed by atoms with Crippen molar-refractivity contribution in [2.24, 2.45) is 0 Å². The number of ether oxygens (including phenoxy) is 1. The molecule has 2 aliphatic heterocycles. The molecule has 30 heavy (non-hydrogen) atoms. The van der Waals surface area contributed by atoms with E-state index in [4.69, 9.17) is 4.74 Å². The first kappa shape index (κ1) is 18.2. The number of hydrogen-bond donors (Lipinski definition) is 1. The van der Waals surface area contributed by atoms with Gasteiger partial charge < -0.3 is 9.84 Å². The van der Waals surface area contributed by atoms with Gasteiger partial charge in [-0.1, -0.05) is 24.3 Å². The van der Waals surface area contributed by atoms with Gasteiger partial charge in [-0.05, 0) is 20.3 Å². The molecule has 1 saturated heterocycles. The molecule has 1 unspecified atom stereocenters. The number of aromatic hydroxyl groups is 1. The standard InChI is InChI=1S/C21H19N5O4/c1-11(2)30-21(29)24-10-12-7-16(24)18-19(27)26(20(28)25(12)18)17-9-23-15(8-22)13-5-3-4-6-14(13)17/h3-6,9,11-12,16,27H,7,10H2,1-2H3/t12-,16?/m1/s1. The van der Waals surface area contributed by atoms with Gasteiger partial charge in [0, 0.05) is 17.3 Å². The third-order valence-corrected chi connectivity index (χ3v) is 5.75. The number of benzene rings is 1. The summed E-state index contributed by atoms with van der Waals surface area (Å²) in [6.45, 7) is 3.91. The summed E-state index contributed by atoms with van der Waals surface area (Å²) in [7, 11) is 0. The molecule has 2 bridgehead atoms. The van der Waals surface area contributed by atoms with Crippen LogP contribution in [0.15, 0.2) is 35.3 Å². The Morgan fingerprint density at radius 1 is 1.33 bits per heavy atom. The number of pyridine rings is 1. The molecule has 2 aromatic heterocycles. The van der Waals surface area contributed by atoms with Gasteiger partial charge >= 0.3 is 11.8 Å². The van der Waals surface area contributed by atoms with Crippen molar-refractivity contribution >= 4 is 16.9 Å². The molecule has 0 spiro atoms. The Labute approximate surface area is 171 Å². The molecule has 0 saturated carbocycles. The third-order valence-electron chi connectivity index (χ3n) is 5.75. The normalized spacial score (nSPS) is 19.3. The highest BCUT2D eigenvalue weighted by atomic mass is 16.6. The molecule has 2 atom stereocenters. The number of likely N-dealkylation sites (tertiary alicyclic amines) is 1. The monoisotopic (exact) mass is 405 g/mol. The largest absolute Gasteiger partial charge is 0.493 e. The Morgan fingerprint density at radius 2 is 2.07 bits per heavy atom. The van der Waals surface area contributed by atoms with Crippen molar-refractivity contribution in [2.45, 2.75) is 38.5 Å². The second kappa shape index (κ2) is 6.35. The van der Waals surface area contributed by atoms with Crippen LogP contribution in [-0.2, 0) is 4.74 Å². The molecule has 152 valence electrons. The number of fused-ring (bicyclic) bond motifs is 6. The number of carbonyl (C=O) groups is 1. The topological polar surface area (TPSA) is 113 Å². The molecule has 9 nitrogen and oxygen atoms in total. The number of carbonyl (C=O) groups excluding carboxylic acids is 1. The highest BCUT2D eigenvalue weighted by molar-refractivity contribution is 5.93. The molecule has 3 aromatic rings. The zero-order chi connectivity index (χ0) is 21.2. The van der Waals surface area contributed by atoms with Crippen LogP contribution in [0.25, 0.3) is 16.5 Å². The SMILES string of the molecule is CC(C)OC(=O)N1C[C@H]2CC1c1c(O)n(-c3cnc(C#N)c4ccccc34)c(=O)n12. The van der Waals surface area contributed by atoms with Crippen LogP contribution in [0.2, 0.25) is 0 Å². The van der Waals surface area contributed by atoms with Gasteiger partial charge in [-0.2, -0.15) is 5.26 Å². The minimum absolute atomic E-state index is 0.216. The van der Waals surface area contributed by atoms with Crippen molar-refractivity contribution in [3.05, 3.63) is 52.3 Å². The van der Waals surface area contributed by atoms with E-state index in [-0.39, 0.29) is 29.4 Å². The Bertz CT molecular complexity index is 1300. The Hall–Kier alpha value is -3.80. The quantitative estimate of drug-likeness (QED) is 0.701. The van der Waals surface area contributed by atoms with Gasteiger partial charge in [0.1, 0.15) is 17.5 Å². The van der Waals surface area contributed by atoms with Crippen molar-refractivity contribution in [1.29, 1.82) is 5.26 Å². The lowest BCUT2D eigenvalue weighted by Crippen LogP contribution is -2.38. The summed E-state index contributed by atoms with van der Waals surface area (Å²) < 4.78 is 8.09. The fraction of sp³-hybridized carbons (Fsp3) is 0.333. The van der Waals surface area contributed by atoms with Gasteiger partial charge in [0.05, 0.1) is 30.1 Å². The van der Waals surface area contributed by atoms with Gasteiger partial charge in [0.15, 0.2) is 0 Å². The first-order chi connectivity index (χ1) is 14.4. The first-order valence-electron chi connectivity index (χ1n) is 9.74. The van der Waals surface area contributed by atoms with Crippen LogP contribution in [0.4, 0.5) is 4.79 Å². The Morgan fingerprint density at radius 3 is 2.77 bits per heavy atom. The van der Waals surface area contributed by atoms with Gasteiger partial charge in [-0.15, -0.1) is 0 Å². The van der Waals surface area contributed by atoms with Crippen LogP contribution < -0.4 is 5.69 Å². The first-order valence-corrected chi connectivity index (χ1v) is 9.74. The summed E-state index contributed by atoms with van der Waals surface area (Å²) in [6, 6.07) is 8.53. The molecule has 1 fully saturated rings. The molecule has 1 aromatic carbocycles. The summed E-state index contributed by atoms with van der Waals surface area (Å²) in [6.07, 6.45) is 1.28. The number of nitriles is 1. The maximum Gasteiger partial charge on any atom is 0.410 e. The molecule has 0 aliphatic carbocycles. The van der Waals surface area contributed by atoms with Crippen LogP contribution in [0.3, 0.4) is 0 Å². The van der Waals surface area contributed by atoms with Crippen molar-refractivity contribution in [3.63, 3.8) is 0 Å². The van der Waals surface area contributed by atoms with Crippen molar-refractivity contribution in [3.8, 4) is 17.6 Å². The van der Waals surface area contributed by atoms with Crippen LogP contribution in [0.1, 0.15) is 43.7 Å². The molecular formula is C21H19N5O4. The minimum atomic E-state index is -0.450. The van der Waals surface area contributed by atoms with Gasteiger partial charge in [0.2, 0.25) is 5.88 Å². The second-order valence-electron chi connectivity index (χ2n) is 7.84. The fourth-order valence-electron chi connectivity index (χ4n) is 4.58. The fourth-order valence-corrected chi connectivity index (χ4v) is 4.58. The highest BCUT2D eigenvalue weighted by Gasteiger charge is 2.50. The summed E-state index contributed by atoms with van der Waals surface area (Å²) in [5.74, 6) is -0.216. The van der Waals surface area contributed by atoms with Crippen LogP contribution in [0.5, 0.6) is 5.88 Å². The van der Waals surface area contributed by atoms with Crippen LogP contribution in [-0.4, -0.2) is 42.9 Å². The third kappa shape index (κ3) is 2.37. The summed E-state index contributed by atoms with van der Waals surface area (Å²) in [5, 5.41) is 21.6. The van der Waals surface area contributed by atoms with E-state index in [1.165, 1.54) is 10.8 Å². The predicted octanol–water partition coefficient (Wildman–Crippen LogP) is 2.61. The molecule has 9 heteroatoms. The lowest BCUT2D eigenvalue weighted by Gasteiger charge is -2.27. The van der Waals surface area contributed by atoms with E-state index in [0.29, 0.717) is 35.1 Å². The zero-order valence-electron chi connectivity index (χ0n) is 16.4. The zero-order valence-corrected chi connectivity index (χ0v) is 16.4. The van der Waals surface area contributed by atoms with E-state index < -0.39 is 12.1 Å². The summed E-state index contributed by atoms with van der Waals surface area (Å²) >= 11 is 0. The van der Waals surface area contributed by atoms with Crippen molar-refractivity contribution < 1.29 is 14.6 Å². The Balaban J connectivity index is 1.66. The number of nitrogens with zero attached hydrogens (tertiary/aromatic N) is 5. The molecule has 1 amide bonds. The number of amides is 1. The summed E-state index contributed by atoms with van der Waals surface area (Å²) in [4.78, 5) is 31.5. The van der Waals surface area contributed by atoms with Crippen molar-refractivity contribution in [1.82, 2.24) is 19.0 Å². The Kier molecular flexibility index (Phi) is 3.86. The van der Waals surface area contributed by atoms with E-state index in [0.717, 1.165) is 0 Å². The van der Waals surface area contributed by atoms with E-state index >= 15 is 0 Å². The predicted molar refractivity (Wildman–Crippen MR) is 106 cm³/mol. The summed E-state index contributed by atoms with van der Waals surface area (Å²) in [5.41, 5.74) is 0.662. The minimum Gasteiger partial charge on any atom is -0.493 e. The van der Waals surface area contributed by atoms with Crippen molar-refractivity contribution in [2.75, 3.05) is 6.54 Å². The van der Waals surface area contributed by atoms with Gasteiger partial charge in [-0.25, -0.2) is 19.1 Å². The lowest BCUT2D eigenvalue weighted by molar-refractivity contribution is 0.0688. The molecule has 0 radical (unpaired) electrons. The van der Waals surface area contributed by atoms with E-state index in [2.05, 4.69) is 11.1 Å². The number of imidazole rings is 1.